The zero-order valence-electron chi connectivity index (χ0n) is 16.7. The van der Waals surface area contributed by atoms with Crippen LogP contribution in [0.25, 0.3) is 0 Å². The number of carbonyl (C=O) groups excluding carboxylic acids is 3. The number of carbonyl (C=O) groups is 3. The Kier molecular flexibility index (Phi) is 5.44. The lowest BCUT2D eigenvalue weighted by atomic mass is 10.0. The summed E-state index contributed by atoms with van der Waals surface area (Å²) in [5.41, 5.74) is 3.23. The average Bonchev–Trinajstić information content (AvgIpc) is 3.03. The molecule has 0 saturated heterocycles. The number of hydrogen-bond donors (Lipinski definition) is 1. The molecule has 0 radical (unpaired) electrons. The van der Waals surface area contributed by atoms with Crippen molar-refractivity contribution < 1.29 is 14.4 Å². The predicted octanol–water partition coefficient (Wildman–Crippen LogP) is 4.10. The van der Waals surface area contributed by atoms with Crippen molar-refractivity contribution in [3.05, 3.63) is 101 Å². The Hall–Kier alpha value is -3.73. The fraction of sp³-hybridized carbons (Fsp3) is 0.160. The van der Waals surface area contributed by atoms with Gasteiger partial charge in [-0.2, -0.15) is 0 Å². The third-order valence-corrected chi connectivity index (χ3v) is 5.37. The number of para-hydroxylation sites is 1. The highest BCUT2D eigenvalue weighted by Crippen LogP contribution is 2.27. The van der Waals surface area contributed by atoms with Crippen LogP contribution in [-0.2, 0) is 17.6 Å². The molecule has 0 saturated carbocycles. The van der Waals surface area contributed by atoms with Crippen molar-refractivity contribution in [3.8, 4) is 0 Å². The van der Waals surface area contributed by atoms with Gasteiger partial charge >= 0.3 is 0 Å². The van der Waals surface area contributed by atoms with Gasteiger partial charge in [-0.05, 0) is 35.7 Å². The van der Waals surface area contributed by atoms with E-state index < -0.39 is 17.9 Å². The Morgan fingerprint density at radius 1 is 0.833 bits per heavy atom. The summed E-state index contributed by atoms with van der Waals surface area (Å²) in [7, 11) is 0. The first-order valence-electron chi connectivity index (χ1n) is 9.99. The maximum absolute atomic E-state index is 13.4. The minimum Gasteiger partial charge on any atom is -0.324 e. The zero-order valence-corrected chi connectivity index (χ0v) is 16.7. The minimum absolute atomic E-state index is 0.242. The molecule has 1 N–H and O–H groups in total. The molecule has 4 rings (SSSR count). The third-order valence-electron chi connectivity index (χ3n) is 5.37. The van der Waals surface area contributed by atoms with Crippen LogP contribution in [-0.4, -0.2) is 28.7 Å². The van der Waals surface area contributed by atoms with Crippen molar-refractivity contribution in [1.82, 2.24) is 4.90 Å². The molecule has 3 amide bonds. The summed E-state index contributed by atoms with van der Waals surface area (Å²) in [6, 6.07) is 22.7. The van der Waals surface area contributed by atoms with E-state index >= 15 is 0 Å². The molecule has 0 fully saturated rings. The van der Waals surface area contributed by atoms with Gasteiger partial charge in [-0.15, -0.1) is 0 Å². The van der Waals surface area contributed by atoms with Crippen LogP contribution in [0.5, 0.6) is 0 Å². The molecule has 3 aromatic rings. The number of amides is 3. The van der Waals surface area contributed by atoms with Gasteiger partial charge in [0.25, 0.3) is 11.8 Å². The number of rotatable bonds is 6. The summed E-state index contributed by atoms with van der Waals surface area (Å²) in [5.74, 6) is -1.25. The molecule has 1 aliphatic heterocycles. The topological polar surface area (TPSA) is 66.5 Å². The van der Waals surface area contributed by atoms with E-state index in [0.717, 1.165) is 22.4 Å². The SMILES string of the molecule is CCc1ccccc1NC(=O)C(Cc1ccccc1)N1C(=O)c2ccccc2C1=O. The number of imide groups is 1. The Morgan fingerprint density at radius 3 is 2.03 bits per heavy atom. The fourth-order valence-corrected chi connectivity index (χ4v) is 3.80. The zero-order chi connectivity index (χ0) is 21.1. The number of hydrogen-bond acceptors (Lipinski definition) is 3. The van der Waals surface area contributed by atoms with Gasteiger partial charge in [-0.1, -0.05) is 67.6 Å². The maximum atomic E-state index is 13.4. The molecular weight excluding hydrogens is 376 g/mol. The van der Waals surface area contributed by atoms with Crippen LogP contribution >= 0.6 is 0 Å². The quantitative estimate of drug-likeness (QED) is 0.636. The van der Waals surface area contributed by atoms with Crippen LogP contribution < -0.4 is 5.32 Å². The number of anilines is 1. The van der Waals surface area contributed by atoms with Crippen molar-refractivity contribution >= 4 is 23.4 Å². The standard InChI is InChI=1S/C25H22N2O3/c1-2-18-12-6-9-15-21(18)26-23(28)22(16-17-10-4-3-5-11-17)27-24(29)19-13-7-8-14-20(19)25(27)30/h3-15,22H,2,16H2,1H3,(H,26,28). The summed E-state index contributed by atoms with van der Waals surface area (Å²) < 4.78 is 0. The monoisotopic (exact) mass is 398 g/mol. The highest BCUT2D eigenvalue weighted by Gasteiger charge is 2.42. The summed E-state index contributed by atoms with van der Waals surface area (Å²) in [6.45, 7) is 2.01. The number of fused-ring (bicyclic) bond motifs is 1. The molecule has 1 heterocycles. The molecule has 5 heteroatoms. The molecule has 0 spiro atoms. The molecule has 30 heavy (non-hydrogen) atoms. The first kappa shape index (κ1) is 19.6. The van der Waals surface area contributed by atoms with Gasteiger partial charge in [-0.25, -0.2) is 0 Å². The van der Waals surface area contributed by atoms with E-state index in [-0.39, 0.29) is 12.3 Å². The van der Waals surface area contributed by atoms with E-state index in [0.29, 0.717) is 16.8 Å². The van der Waals surface area contributed by atoms with Gasteiger partial charge in [0.15, 0.2) is 0 Å². The van der Waals surface area contributed by atoms with E-state index in [1.807, 2.05) is 61.5 Å². The number of nitrogens with zero attached hydrogens (tertiary/aromatic N) is 1. The normalized spacial score (nSPS) is 13.8. The Labute approximate surface area is 175 Å². The van der Waals surface area contributed by atoms with Crippen LogP contribution in [0.4, 0.5) is 5.69 Å². The van der Waals surface area contributed by atoms with E-state index in [4.69, 9.17) is 0 Å². The lowest BCUT2D eigenvalue weighted by molar-refractivity contribution is -0.119. The first-order valence-corrected chi connectivity index (χ1v) is 9.99. The van der Waals surface area contributed by atoms with Crippen LogP contribution in [0.2, 0.25) is 0 Å². The highest BCUT2D eigenvalue weighted by atomic mass is 16.2. The molecule has 5 nitrogen and oxygen atoms in total. The molecule has 0 bridgehead atoms. The number of nitrogens with one attached hydrogen (secondary N) is 1. The maximum Gasteiger partial charge on any atom is 0.262 e. The molecule has 0 aliphatic carbocycles. The van der Waals surface area contributed by atoms with Crippen molar-refractivity contribution in [3.63, 3.8) is 0 Å². The van der Waals surface area contributed by atoms with Crippen LogP contribution in [0, 0.1) is 0 Å². The van der Waals surface area contributed by atoms with Gasteiger partial charge in [-0.3, -0.25) is 19.3 Å². The number of aryl methyl sites for hydroxylation is 1. The highest BCUT2D eigenvalue weighted by molar-refractivity contribution is 6.23. The fourth-order valence-electron chi connectivity index (χ4n) is 3.80. The summed E-state index contributed by atoms with van der Waals surface area (Å²) in [4.78, 5) is 40.5. The Bertz CT molecular complexity index is 1070. The van der Waals surface area contributed by atoms with Crippen molar-refractivity contribution in [2.45, 2.75) is 25.8 Å². The molecule has 150 valence electrons. The van der Waals surface area contributed by atoms with Crippen molar-refractivity contribution in [2.75, 3.05) is 5.32 Å². The third kappa shape index (κ3) is 3.62. The smallest absolute Gasteiger partial charge is 0.262 e. The molecule has 3 aromatic carbocycles. The minimum atomic E-state index is -0.954. The predicted molar refractivity (Wildman–Crippen MR) is 115 cm³/mol. The van der Waals surface area contributed by atoms with E-state index in [2.05, 4.69) is 5.32 Å². The van der Waals surface area contributed by atoms with E-state index in [9.17, 15) is 14.4 Å². The van der Waals surface area contributed by atoms with Gasteiger partial charge in [0.1, 0.15) is 6.04 Å². The van der Waals surface area contributed by atoms with Crippen molar-refractivity contribution in [1.29, 1.82) is 0 Å². The van der Waals surface area contributed by atoms with Gasteiger partial charge < -0.3 is 5.32 Å². The van der Waals surface area contributed by atoms with Crippen molar-refractivity contribution in [2.24, 2.45) is 0 Å². The molecule has 0 aromatic heterocycles. The first-order chi connectivity index (χ1) is 14.6. The van der Waals surface area contributed by atoms with Crippen LogP contribution in [0.15, 0.2) is 78.9 Å². The Balaban J connectivity index is 1.69. The van der Waals surface area contributed by atoms with Gasteiger partial charge in [0.2, 0.25) is 5.91 Å². The summed E-state index contributed by atoms with van der Waals surface area (Å²) in [5, 5.41) is 2.94. The molecular formula is C25H22N2O3. The Morgan fingerprint density at radius 2 is 1.40 bits per heavy atom. The summed E-state index contributed by atoms with van der Waals surface area (Å²) >= 11 is 0. The van der Waals surface area contributed by atoms with E-state index in [1.54, 1.807) is 24.3 Å². The van der Waals surface area contributed by atoms with E-state index in [1.165, 1.54) is 0 Å². The second kappa shape index (κ2) is 8.33. The lowest BCUT2D eigenvalue weighted by Crippen LogP contribution is -2.48. The summed E-state index contributed by atoms with van der Waals surface area (Å²) in [6.07, 6.45) is 0.999. The van der Waals surface area contributed by atoms with Gasteiger partial charge in [0, 0.05) is 12.1 Å². The largest absolute Gasteiger partial charge is 0.324 e. The second-order valence-corrected chi connectivity index (χ2v) is 7.23. The molecule has 1 unspecified atom stereocenters. The molecule has 1 aliphatic rings. The second-order valence-electron chi connectivity index (χ2n) is 7.23. The van der Waals surface area contributed by atoms with Crippen LogP contribution in [0.1, 0.15) is 38.8 Å². The lowest BCUT2D eigenvalue weighted by Gasteiger charge is -2.26. The average molecular weight is 398 g/mol. The molecule has 1 atom stereocenters. The number of benzene rings is 3. The van der Waals surface area contributed by atoms with Crippen LogP contribution in [0.3, 0.4) is 0 Å². The van der Waals surface area contributed by atoms with Gasteiger partial charge in [0.05, 0.1) is 11.1 Å².